The van der Waals surface area contributed by atoms with Gasteiger partial charge in [-0.2, -0.15) is 0 Å². The van der Waals surface area contributed by atoms with Gasteiger partial charge in [0.2, 0.25) is 15.9 Å². The fourth-order valence-corrected chi connectivity index (χ4v) is 6.81. The molecular weight excluding hydrogens is 534 g/mol. The zero-order chi connectivity index (χ0) is 28.0. The van der Waals surface area contributed by atoms with Crippen LogP contribution in [0.5, 0.6) is 0 Å². The number of halogens is 2. The third-order valence-electron chi connectivity index (χ3n) is 7.79. The van der Waals surface area contributed by atoms with Gasteiger partial charge >= 0.3 is 0 Å². The first-order chi connectivity index (χ1) is 19.2. The van der Waals surface area contributed by atoms with Gasteiger partial charge in [0.25, 0.3) is 0 Å². The summed E-state index contributed by atoms with van der Waals surface area (Å²) in [5, 5.41) is 0. The molecule has 10 heteroatoms. The third kappa shape index (κ3) is 5.16. The van der Waals surface area contributed by atoms with Crippen molar-refractivity contribution in [3.63, 3.8) is 0 Å². The summed E-state index contributed by atoms with van der Waals surface area (Å²) >= 11 is 0. The number of aromatic nitrogens is 2. The maximum absolute atomic E-state index is 13.9. The van der Waals surface area contributed by atoms with Gasteiger partial charge in [0.15, 0.2) is 0 Å². The summed E-state index contributed by atoms with van der Waals surface area (Å²) < 4.78 is 58.2. The van der Waals surface area contributed by atoms with E-state index in [9.17, 15) is 22.0 Å². The Bertz CT molecular complexity index is 1700. The van der Waals surface area contributed by atoms with Gasteiger partial charge < -0.3 is 9.47 Å². The van der Waals surface area contributed by atoms with Gasteiger partial charge in [0.05, 0.1) is 11.4 Å². The molecule has 1 saturated carbocycles. The molecule has 1 fully saturated rings. The molecule has 1 aromatic heterocycles. The maximum Gasteiger partial charge on any atom is 0.241 e. The van der Waals surface area contributed by atoms with Crippen LogP contribution in [-0.4, -0.2) is 23.9 Å². The average Bonchev–Trinajstić information content (AvgIpc) is 3.50. The molecule has 3 atom stereocenters. The maximum atomic E-state index is 13.9. The minimum absolute atomic E-state index is 0.0627. The molecule has 6 rings (SSSR count). The Morgan fingerprint density at radius 3 is 2.58 bits per heavy atom. The highest BCUT2D eigenvalue weighted by atomic mass is 32.2. The van der Waals surface area contributed by atoms with Gasteiger partial charge in [-0.05, 0) is 84.3 Å². The summed E-state index contributed by atoms with van der Waals surface area (Å²) in [7, 11) is -2.11. The second-order valence-electron chi connectivity index (χ2n) is 10.4. The second kappa shape index (κ2) is 10.3. The lowest BCUT2D eigenvalue weighted by atomic mass is 10.1. The molecule has 2 aliphatic rings. The molecule has 0 unspecified atom stereocenters. The van der Waals surface area contributed by atoms with Crippen LogP contribution in [0.2, 0.25) is 0 Å². The molecule has 0 saturated heterocycles. The average molecular weight is 563 g/mol. The van der Waals surface area contributed by atoms with E-state index < -0.39 is 21.9 Å². The number of anilines is 1. The van der Waals surface area contributed by atoms with Crippen LogP contribution >= 0.6 is 0 Å². The zero-order valence-corrected chi connectivity index (χ0v) is 22.6. The van der Waals surface area contributed by atoms with Crippen LogP contribution in [0.15, 0.2) is 84.0 Å². The smallest absolute Gasteiger partial charge is 0.241 e. The minimum atomic E-state index is -3.96. The van der Waals surface area contributed by atoms with E-state index in [0.29, 0.717) is 30.8 Å². The summed E-state index contributed by atoms with van der Waals surface area (Å²) in [6, 6.07) is 16.4. The second-order valence-corrected chi connectivity index (χ2v) is 12.1. The van der Waals surface area contributed by atoms with Crippen molar-refractivity contribution >= 4 is 21.6 Å². The van der Waals surface area contributed by atoms with Gasteiger partial charge in [-0.3, -0.25) is 4.79 Å². The number of nitrogens with zero attached hydrogens (tertiary/aromatic N) is 3. The number of carbonyl (C=O) groups excluding carboxylic acids is 1. The number of nitrogens with one attached hydrogen (secondary N) is 1. The summed E-state index contributed by atoms with van der Waals surface area (Å²) in [4.78, 5) is 19.8. The highest BCUT2D eigenvalue weighted by molar-refractivity contribution is 7.89. The van der Waals surface area contributed by atoms with Gasteiger partial charge in [-0.1, -0.05) is 24.3 Å². The van der Waals surface area contributed by atoms with Crippen molar-refractivity contribution in [3.8, 4) is 0 Å². The first kappa shape index (κ1) is 26.3. The fraction of sp³-hybridized carbons (Fsp3) is 0.267. The van der Waals surface area contributed by atoms with E-state index in [1.165, 1.54) is 30.3 Å². The molecule has 206 valence electrons. The molecule has 4 aromatic rings. The van der Waals surface area contributed by atoms with E-state index in [0.717, 1.165) is 22.8 Å². The lowest BCUT2D eigenvalue weighted by molar-refractivity contribution is -0.120. The van der Waals surface area contributed by atoms with Crippen LogP contribution in [0, 0.1) is 17.6 Å². The predicted octanol–water partition coefficient (Wildman–Crippen LogP) is 5.00. The van der Waals surface area contributed by atoms with Crippen LogP contribution in [-0.2, 0) is 34.8 Å². The van der Waals surface area contributed by atoms with Gasteiger partial charge in [0, 0.05) is 37.1 Å². The molecule has 0 spiro atoms. The van der Waals surface area contributed by atoms with Crippen molar-refractivity contribution in [1.82, 2.24) is 14.3 Å². The molecule has 1 amide bonds. The van der Waals surface area contributed by atoms with Crippen molar-refractivity contribution in [1.29, 1.82) is 0 Å². The Morgan fingerprint density at radius 1 is 1.07 bits per heavy atom. The molecule has 1 heterocycles. The van der Waals surface area contributed by atoms with E-state index in [2.05, 4.69) is 9.71 Å². The number of amides is 1. The van der Waals surface area contributed by atoms with Crippen LogP contribution in [0.1, 0.15) is 47.3 Å². The fourth-order valence-electron chi connectivity index (χ4n) is 5.53. The molecule has 3 aromatic carbocycles. The molecule has 2 aliphatic carbocycles. The van der Waals surface area contributed by atoms with E-state index in [1.54, 1.807) is 17.2 Å². The molecule has 0 radical (unpaired) electrons. The van der Waals surface area contributed by atoms with E-state index in [-0.39, 0.29) is 35.0 Å². The van der Waals surface area contributed by atoms with Crippen molar-refractivity contribution in [2.75, 3.05) is 4.90 Å². The molecule has 40 heavy (non-hydrogen) atoms. The highest BCUT2D eigenvalue weighted by Gasteiger charge is 2.46. The number of sulfonamides is 1. The van der Waals surface area contributed by atoms with Crippen molar-refractivity contribution in [2.24, 2.45) is 13.0 Å². The number of imidazole rings is 1. The summed E-state index contributed by atoms with van der Waals surface area (Å²) in [6.45, 7) is 0.229. The summed E-state index contributed by atoms with van der Waals surface area (Å²) in [5.41, 5.74) is 3.21. The minimum Gasteiger partial charge on any atom is -0.337 e. The first-order valence-corrected chi connectivity index (χ1v) is 14.6. The van der Waals surface area contributed by atoms with Gasteiger partial charge in [-0.15, -0.1) is 0 Å². The molecule has 7 nitrogen and oxygen atoms in total. The largest absolute Gasteiger partial charge is 0.337 e. The number of rotatable bonds is 8. The van der Waals surface area contributed by atoms with E-state index in [4.69, 9.17) is 0 Å². The van der Waals surface area contributed by atoms with E-state index in [1.807, 2.05) is 42.1 Å². The normalized spacial score (nSPS) is 19.8. The topological polar surface area (TPSA) is 84.3 Å². The van der Waals surface area contributed by atoms with Crippen molar-refractivity contribution < 1.29 is 22.0 Å². The number of carbonyl (C=O) groups is 1. The summed E-state index contributed by atoms with van der Waals surface area (Å²) in [5.74, 6) is -0.708. The first-order valence-electron chi connectivity index (χ1n) is 13.1. The number of hydrogen-bond acceptors (Lipinski definition) is 4. The summed E-state index contributed by atoms with van der Waals surface area (Å²) in [6.07, 6.45) is 5.32. The van der Waals surface area contributed by atoms with Gasteiger partial charge in [0.1, 0.15) is 17.5 Å². The Hall–Kier alpha value is -3.89. The zero-order valence-electron chi connectivity index (χ0n) is 21.8. The van der Waals surface area contributed by atoms with Gasteiger partial charge in [-0.25, -0.2) is 26.9 Å². The lowest BCUT2D eigenvalue weighted by Gasteiger charge is -2.25. The van der Waals surface area contributed by atoms with Crippen LogP contribution < -0.4 is 9.62 Å². The molecule has 0 bridgehead atoms. The van der Waals surface area contributed by atoms with Crippen molar-refractivity contribution in [3.05, 3.63) is 113 Å². The molecule has 0 aliphatic heterocycles. The van der Waals surface area contributed by atoms with Crippen molar-refractivity contribution in [2.45, 2.75) is 42.7 Å². The monoisotopic (exact) mass is 562 g/mol. The third-order valence-corrected chi connectivity index (χ3v) is 9.26. The lowest BCUT2D eigenvalue weighted by Crippen LogP contribution is -2.33. The number of hydrogen-bond donors (Lipinski definition) is 1. The standard InChI is InChI=1S/C30H28F2N4O3S/c1-35-13-12-33-29(35)18-36(30(37)27-17-25(27)20-4-2-5-21(31)14-20)23-10-8-19-9-11-28(26(19)16-23)34-40(38,39)24-7-3-6-22(32)15-24/h2-8,10,12-16,25,27-28,34H,9,11,17-18H2,1H3/t25-,27-,28+/m0/s1. The number of benzene rings is 3. The highest BCUT2D eigenvalue weighted by Crippen LogP contribution is 2.49. The number of fused-ring (bicyclic) bond motifs is 1. The Morgan fingerprint density at radius 2 is 1.85 bits per heavy atom. The van der Waals surface area contributed by atoms with Crippen LogP contribution in [0.3, 0.4) is 0 Å². The quantitative estimate of drug-likeness (QED) is 0.328. The van der Waals surface area contributed by atoms with Crippen LogP contribution in [0.4, 0.5) is 14.5 Å². The van der Waals surface area contributed by atoms with E-state index >= 15 is 0 Å². The van der Waals surface area contributed by atoms with Crippen LogP contribution in [0.25, 0.3) is 0 Å². The Kier molecular flexibility index (Phi) is 6.75. The Labute approximate surface area is 231 Å². The molecular formula is C30H28F2N4O3S. The Balaban J connectivity index is 1.30. The molecule has 1 N–H and O–H groups in total. The SMILES string of the molecule is Cn1ccnc1CN(C(=O)[C@H]1C[C@H]1c1cccc(F)c1)c1ccc2c(c1)[C@H](NS(=O)(=O)c1cccc(F)c1)CC2. The predicted molar refractivity (Wildman–Crippen MR) is 146 cm³/mol. The number of aryl methyl sites for hydroxylation is 2.